The van der Waals surface area contributed by atoms with Crippen LogP contribution in [0.4, 0.5) is 0 Å². The Kier molecular flexibility index (Phi) is 3.11. The molecule has 0 bridgehead atoms. The third kappa shape index (κ3) is 1.85. The zero-order valence-corrected chi connectivity index (χ0v) is 13.4. The van der Waals surface area contributed by atoms with Gasteiger partial charge >= 0.3 is 0 Å². The van der Waals surface area contributed by atoms with Crippen LogP contribution >= 0.6 is 11.3 Å². The van der Waals surface area contributed by atoms with Gasteiger partial charge in [-0.25, -0.2) is 14.6 Å². The quantitative estimate of drug-likeness (QED) is 0.743. The second-order valence-electron chi connectivity index (χ2n) is 5.60. The standard InChI is InChI=1S/C15H17N5OS/c1-3-20-13(16-7-18-20)9(2)19-8-17-14-12(15(19)21)10-5-4-6-11(10)22-14/h7-9H,3-6H2,1-2H3/t9-/m0/s1. The van der Waals surface area contributed by atoms with Gasteiger partial charge in [0.1, 0.15) is 17.0 Å². The van der Waals surface area contributed by atoms with Gasteiger partial charge in [0.05, 0.1) is 17.8 Å². The normalized spacial score (nSPS) is 15.4. The van der Waals surface area contributed by atoms with Crippen molar-refractivity contribution in [2.45, 2.75) is 45.7 Å². The molecule has 0 N–H and O–H groups in total. The minimum atomic E-state index is -0.177. The lowest BCUT2D eigenvalue weighted by Crippen LogP contribution is -2.26. The number of aryl methyl sites for hydroxylation is 3. The van der Waals surface area contributed by atoms with E-state index >= 15 is 0 Å². The number of aromatic nitrogens is 5. The maximum Gasteiger partial charge on any atom is 0.263 e. The topological polar surface area (TPSA) is 65.6 Å². The van der Waals surface area contributed by atoms with E-state index in [2.05, 4.69) is 15.1 Å². The van der Waals surface area contributed by atoms with E-state index in [1.54, 1.807) is 22.2 Å². The fourth-order valence-electron chi connectivity index (χ4n) is 3.24. The zero-order valence-electron chi connectivity index (χ0n) is 12.6. The average Bonchev–Trinajstić information content (AvgIpc) is 3.21. The monoisotopic (exact) mass is 315 g/mol. The van der Waals surface area contributed by atoms with E-state index in [1.165, 1.54) is 16.8 Å². The van der Waals surface area contributed by atoms with Gasteiger partial charge in [0.25, 0.3) is 5.56 Å². The minimum absolute atomic E-state index is 0.0440. The Bertz CT molecular complexity index is 906. The largest absolute Gasteiger partial charge is 0.288 e. The molecule has 6 nitrogen and oxygen atoms in total. The van der Waals surface area contributed by atoms with E-state index in [4.69, 9.17) is 0 Å². The molecule has 3 aromatic rings. The summed E-state index contributed by atoms with van der Waals surface area (Å²) in [4.78, 5) is 24.0. The molecule has 0 amide bonds. The third-order valence-corrected chi connectivity index (χ3v) is 5.59. The van der Waals surface area contributed by atoms with Crippen LogP contribution in [0.1, 0.15) is 42.6 Å². The first-order valence-corrected chi connectivity index (χ1v) is 8.41. The van der Waals surface area contributed by atoms with Crippen LogP contribution in [-0.2, 0) is 19.4 Å². The number of nitrogens with zero attached hydrogens (tertiary/aromatic N) is 5. The smallest absolute Gasteiger partial charge is 0.263 e. The molecule has 3 aromatic heterocycles. The van der Waals surface area contributed by atoms with Crippen molar-refractivity contribution in [3.63, 3.8) is 0 Å². The summed E-state index contributed by atoms with van der Waals surface area (Å²) >= 11 is 1.67. The molecular formula is C15H17N5OS. The van der Waals surface area contributed by atoms with Crippen LogP contribution in [0.5, 0.6) is 0 Å². The summed E-state index contributed by atoms with van der Waals surface area (Å²) in [7, 11) is 0. The van der Waals surface area contributed by atoms with Gasteiger partial charge in [0.2, 0.25) is 0 Å². The van der Waals surface area contributed by atoms with Crippen molar-refractivity contribution in [3.05, 3.63) is 39.3 Å². The van der Waals surface area contributed by atoms with Crippen LogP contribution < -0.4 is 5.56 Å². The van der Waals surface area contributed by atoms with Crippen LogP contribution in [-0.4, -0.2) is 24.3 Å². The molecule has 0 saturated carbocycles. The number of hydrogen-bond acceptors (Lipinski definition) is 5. The molecule has 1 atom stereocenters. The number of rotatable bonds is 3. The summed E-state index contributed by atoms with van der Waals surface area (Å²) in [6.07, 6.45) is 6.40. The minimum Gasteiger partial charge on any atom is -0.288 e. The first kappa shape index (κ1) is 13.6. The Morgan fingerprint density at radius 2 is 2.23 bits per heavy atom. The molecule has 0 fully saturated rings. The van der Waals surface area contributed by atoms with Crippen LogP contribution in [0.25, 0.3) is 10.2 Å². The maximum absolute atomic E-state index is 13.0. The van der Waals surface area contributed by atoms with E-state index < -0.39 is 0 Å². The number of fused-ring (bicyclic) bond motifs is 3. The molecule has 4 rings (SSSR count). The second-order valence-corrected chi connectivity index (χ2v) is 6.69. The highest BCUT2D eigenvalue weighted by molar-refractivity contribution is 7.18. The highest BCUT2D eigenvalue weighted by Crippen LogP contribution is 2.34. The van der Waals surface area contributed by atoms with Crippen LogP contribution in [0, 0.1) is 0 Å². The lowest BCUT2D eigenvalue weighted by atomic mass is 10.2. The maximum atomic E-state index is 13.0. The first-order valence-electron chi connectivity index (χ1n) is 7.59. The number of hydrogen-bond donors (Lipinski definition) is 0. The van der Waals surface area contributed by atoms with Crippen molar-refractivity contribution < 1.29 is 0 Å². The molecule has 0 aliphatic heterocycles. The van der Waals surface area contributed by atoms with Gasteiger partial charge in [-0.1, -0.05) is 0 Å². The molecule has 1 aliphatic rings. The van der Waals surface area contributed by atoms with E-state index in [-0.39, 0.29) is 11.6 Å². The van der Waals surface area contributed by atoms with Gasteiger partial charge < -0.3 is 0 Å². The second kappa shape index (κ2) is 5.01. The summed E-state index contributed by atoms with van der Waals surface area (Å²) < 4.78 is 3.50. The molecule has 1 aliphatic carbocycles. The van der Waals surface area contributed by atoms with Gasteiger partial charge in [-0.3, -0.25) is 9.36 Å². The summed E-state index contributed by atoms with van der Waals surface area (Å²) in [5.74, 6) is 0.789. The van der Waals surface area contributed by atoms with E-state index in [0.717, 1.165) is 41.8 Å². The van der Waals surface area contributed by atoms with Gasteiger partial charge in [-0.2, -0.15) is 5.10 Å². The molecule has 114 valence electrons. The lowest BCUT2D eigenvalue weighted by Gasteiger charge is -2.14. The summed E-state index contributed by atoms with van der Waals surface area (Å²) in [5, 5.41) is 5.01. The highest BCUT2D eigenvalue weighted by atomic mass is 32.1. The Morgan fingerprint density at radius 3 is 3.05 bits per heavy atom. The third-order valence-electron chi connectivity index (χ3n) is 4.39. The van der Waals surface area contributed by atoms with Crippen LogP contribution in [0.15, 0.2) is 17.4 Å². The van der Waals surface area contributed by atoms with E-state index in [1.807, 2.05) is 18.5 Å². The first-order chi connectivity index (χ1) is 10.7. The van der Waals surface area contributed by atoms with Gasteiger partial charge in [0.15, 0.2) is 0 Å². The number of thiophene rings is 1. The van der Waals surface area contributed by atoms with Crippen molar-refractivity contribution in [1.29, 1.82) is 0 Å². The summed E-state index contributed by atoms with van der Waals surface area (Å²) in [6, 6.07) is -0.177. The van der Waals surface area contributed by atoms with Gasteiger partial charge in [-0.05, 0) is 38.7 Å². The summed E-state index contributed by atoms with van der Waals surface area (Å²) in [5.41, 5.74) is 1.26. The van der Waals surface area contributed by atoms with Crippen molar-refractivity contribution in [2.24, 2.45) is 0 Å². The van der Waals surface area contributed by atoms with Crippen molar-refractivity contribution >= 4 is 21.6 Å². The van der Waals surface area contributed by atoms with Crippen LogP contribution in [0.3, 0.4) is 0 Å². The lowest BCUT2D eigenvalue weighted by molar-refractivity contribution is 0.514. The fourth-order valence-corrected chi connectivity index (χ4v) is 4.46. The summed E-state index contributed by atoms with van der Waals surface area (Å²) in [6.45, 7) is 4.72. The van der Waals surface area contributed by atoms with Crippen LogP contribution in [0.2, 0.25) is 0 Å². The predicted molar refractivity (Wildman–Crippen MR) is 85.4 cm³/mol. The predicted octanol–water partition coefficient (Wildman–Crippen LogP) is 2.17. The zero-order chi connectivity index (χ0) is 15.3. The van der Waals surface area contributed by atoms with Crippen molar-refractivity contribution in [2.75, 3.05) is 0 Å². The van der Waals surface area contributed by atoms with E-state index in [9.17, 15) is 4.79 Å². The molecule has 0 radical (unpaired) electrons. The highest BCUT2D eigenvalue weighted by Gasteiger charge is 2.23. The molecular weight excluding hydrogens is 298 g/mol. The molecule has 3 heterocycles. The van der Waals surface area contributed by atoms with Crippen molar-refractivity contribution in [1.82, 2.24) is 24.3 Å². The average molecular weight is 315 g/mol. The fraction of sp³-hybridized carbons (Fsp3) is 0.467. The Balaban J connectivity index is 1.89. The Hall–Kier alpha value is -2.02. The molecule has 0 spiro atoms. The molecule has 0 saturated heterocycles. The molecule has 22 heavy (non-hydrogen) atoms. The van der Waals surface area contributed by atoms with Gasteiger partial charge in [0, 0.05) is 11.4 Å². The SMILES string of the molecule is CCn1ncnc1[C@H](C)n1cnc2sc3c(c2c1=O)CCC3. The molecule has 0 aromatic carbocycles. The van der Waals surface area contributed by atoms with E-state index in [0.29, 0.717) is 0 Å². The van der Waals surface area contributed by atoms with Gasteiger partial charge in [-0.15, -0.1) is 11.3 Å². The molecule has 7 heteroatoms. The Labute approximate surface area is 131 Å². The molecule has 0 unspecified atom stereocenters. The van der Waals surface area contributed by atoms with Crippen molar-refractivity contribution in [3.8, 4) is 0 Å². The Morgan fingerprint density at radius 1 is 1.36 bits per heavy atom.